The molecule has 2 aromatic rings. The third-order valence-corrected chi connectivity index (χ3v) is 4.38. The van der Waals surface area contributed by atoms with Crippen molar-refractivity contribution >= 4 is 11.6 Å². The van der Waals surface area contributed by atoms with Gasteiger partial charge in [0.25, 0.3) is 5.91 Å². The predicted octanol–water partition coefficient (Wildman–Crippen LogP) is 1.80. The molecule has 3 N–H and O–H groups in total. The first-order valence-electron chi connectivity index (χ1n) is 7.51. The van der Waals surface area contributed by atoms with Crippen LogP contribution >= 0.6 is 0 Å². The molecule has 5 heteroatoms. The minimum atomic E-state index is -0.130. The third kappa shape index (κ3) is 2.23. The number of rotatable bonds is 2. The summed E-state index contributed by atoms with van der Waals surface area (Å²) in [6, 6.07) is 6.20. The van der Waals surface area contributed by atoms with Crippen molar-refractivity contribution in [1.29, 1.82) is 0 Å². The molecule has 2 aliphatic rings. The molecule has 1 aliphatic carbocycles. The molecule has 5 nitrogen and oxygen atoms in total. The van der Waals surface area contributed by atoms with Crippen LogP contribution < -0.4 is 10.6 Å². The van der Waals surface area contributed by atoms with E-state index < -0.39 is 0 Å². The Morgan fingerprint density at radius 3 is 3.05 bits per heavy atom. The highest BCUT2D eigenvalue weighted by Crippen LogP contribution is 2.25. The van der Waals surface area contributed by atoms with Gasteiger partial charge in [-0.1, -0.05) is 6.07 Å². The molecule has 1 aromatic carbocycles. The largest absolute Gasteiger partial charge is 0.321 e. The van der Waals surface area contributed by atoms with Crippen molar-refractivity contribution in [3.63, 3.8) is 0 Å². The van der Waals surface area contributed by atoms with Crippen molar-refractivity contribution in [2.45, 2.75) is 32.2 Å². The van der Waals surface area contributed by atoms with E-state index in [1.165, 1.54) is 17.5 Å². The van der Waals surface area contributed by atoms with Gasteiger partial charge in [-0.25, -0.2) is 0 Å². The monoisotopic (exact) mass is 282 g/mol. The summed E-state index contributed by atoms with van der Waals surface area (Å²) in [6.07, 6.45) is 4.38. The standard InChI is InChI=1S/C16H18N4O/c21-16(15-13-9-17-7-6-14(13)19-20-15)18-12-5-4-10-2-1-3-11(10)8-12/h4-5,8,17H,1-3,6-7,9H2,(H,18,21)(H,19,20). The smallest absolute Gasteiger partial charge is 0.276 e. The van der Waals surface area contributed by atoms with E-state index in [1.54, 1.807) is 0 Å². The van der Waals surface area contributed by atoms with Gasteiger partial charge in [0.15, 0.2) is 5.69 Å². The fourth-order valence-electron chi connectivity index (χ4n) is 3.25. The molecule has 1 aromatic heterocycles. The van der Waals surface area contributed by atoms with Crippen LogP contribution in [0.5, 0.6) is 0 Å². The molecule has 0 saturated heterocycles. The second-order valence-electron chi connectivity index (χ2n) is 5.75. The summed E-state index contributed by atoms with van der Waals surface area (Å²) in [5.74, 6) is -0.130. The Morgan fingerprint density at radius 1 is 1.19 bits per heavy atom. The number of carbonyl (C=O) groups excluding carboxylic acids is 1. The number of amides is 1. The van der Waals surface area contributed by atoms with Gasteiger partial charge in [0.2, 0.25) is 0 Å². The summed E-state index contributed by atoms with van der Waals surface area (Å²) in [7, 11) is 0. The molecule has 21 heavy (non-hydrogen) atoms. The van der Waals surface area contributed by atoms with Crippen molar-refractivity contribution in [1.82, 2.24) is 15.5 Å². The Bertz CT molecular complexity index is 704. The van der Waals surface area contributed by atoms with Gasteiger partial charge in [-0.3, -0.25) is 9.89 Å². The van der Waals surface area contributed by atoms with Crippen LogP contribution in [0.2, 0.25) is 0 Å². The lowest BCUT2D eigenvalue weighted by atomic mass is 10.1. The number of nitrogens with one attached hydrogen (secondary N) is 3. The van der Waals surface area contributed by atoms with Crippen molar-refractivity contribution in [3.8, 4) is 0 Å². The molecule has 2 heterocycles. The number of anilines is 1. The Kier molecular flexibility index (Phi) is 3.00. The lowest BCUT2D eigenvalue weighted by Gasteiger charge is -2.13. The topological polar surface area (TPSA) is 69.8 Å². The molecule has 0 atom stereocenters. The van der Waals surface area contributed by atoms with Crippen molar-refractivity contribution in [2.24, 2.45) is 0 Å². The summed E-state index contributed by atoms with van der Waals surface area (Å²) >= 11 is 0. The average molecular weight is 282 g/mol. The number of nitrogens with zero attached hydrogens (tertiary/aromatic N) is 1. The van der Waals surface area contributed by atoms with Gasteiger partial charge in [0.1, 0.15) is 0 Å². The fraction of sp³-hybridized carbons (Fsp3) is 0.375. The lowest BCUT2D eigenvalue weighted by molar-refractivity contribution is 0.102. The van der Waals surface area contributed by atoms with Gasteiger partial charge in [-0.15, -0.1) is 0 Å². The normalized spacial score (nSPS) is 16.4. The zero-order valence-electron chi connectivity index (χ0n) is 11.8. The number of aryl methyl sites for hydroxylation is 2. The van der Waals surface area contributed by atoms with E-state index in [0.29, 0.717) is 12.2 Å². The Balaban J connectivity index is 1.57. The number of aromatic amines is 1. The SMILES string of the molecule is O=C(Nc1ccc2c(c1)CCC2)c1n[nH]c2c1CNCC2. The minimum absolute atomic E-state index is 0.130. The fourth-order valence-corrected chi connectivity index (χ4v) is 3.25. The molecule has 108 valence electrons. The van der Waals surface area contributed by atoms with Gasteiger partial charge in [0, 0.05) is 36.5 Å². The van der Waals surface area contributed by atoms with Gasteiger partial charge in [-0.2, -0.15) is 5.10 Å². The van der Waals surface area contributed by atoms with E-state index in [-0.39, 0.29) is 5.91 Å². The van der Waals surface area contributed by atoms with Gasteiger partial charge in [0.05, 0.1) is 0 Å². The van der Waals surface area contributed by atoms with E-state index in [2.05, 4.69) is 33.0 Å². The summed E-state index contributed by atoms with van der Waals surface area (Å²) in [5, 5.41) is 13.4. The van der Waals surface area contributed by atoms with Gasteiger partial charge < -0.3 is 10.6 Å². The Morgan fingerprint density at radius 2 is 2.10 bits per heavy atom. The zero-order chi connectivity index (χ0) is 14.2. The molecule has 0 unspecified atom stereocenters. The van der Waals surface area contributed by atoms with E-state index in [4.69, 9.17) is 0 Å². The summed E-state index contributed by atoms with van der Waals surface area (Å²) < 4.78 is 0. The maximum atomic E-state index is 12.4. The van der Waals surface area contributed by atoms with Crippen LogP contribution in [0.4, 0.5) is 5.69 Å². The molecule has 1 amide bonds. The molecule has 0 saturated carbocycles. The van der Waals surface area contributed by atoms with E-state index in [1.807, 2.05) is 6.07 Å². The van der Waals surface area contributed by atoms with E-state index in [0.717, 1.165) is 42.8 Å². The molecule has 0 spiro atoms. The molecule has 0 radical (unpaired) electrons. The Labute approximate surface area is 123 Å². The quantitative estimate of drug-likeness (QED) is 0.786. The highest BCUT2D eigenvalue weighted by atomic mass is 16.1. The van der Waals surface area contributed by atoms with Gasteiger partial charge >= 0.3 is 0 Å². The number of carbonyl (C=O) groups is 1. The lowest BCUT2D eigenvalue weighted by Crippen LogP contribution is -2.25. The average Bonchev–Trinajstić information content (AvgIpc) is 3.13. The van der Waals surface area contributed by atoms with Crippen LogP contribution in [0.25, 0.3) is 0 Å². The number of hydrogen-bond acceptors (Lipinski definition) is 3. The Hall–Kier alpha value is -2.14. The first-order valence-corrected chi connectivity index (χ1v) is 7.51. The van der Waals surface area contributed by atoms with E-state index >= 15 is 0 Å². The van der Waals surface area contributed by atoms with Crippen molar-refractivity contribution in [3.05, 3.63) is 46.3 Å². The van der Waals surface area contributed by atoms with Crippen molar-refractivity contribution in [2.75, 3.05) is 11.9 Å². The highest BCUT2D eigenvalue weighted by molar-refractivity contribution is 6.04. The maximum Gasteiger partial charge on any atom is 0.276 e. The molecule has 0 bridgehead atoms. The molecule has 0 fully saturated rings. The summed E-state index contributed by atoms with van der Waals surface area (Å²) in [5.41, 5.74) is 6.22. The minimum Gasteiger partial charge on any atom is -0.321 e. The van der Waals surface area contributed by atoms with Crippen LogP contribution in [0.3, 0.4) is 0 Å². The second-order valence-corrected chi connectivity index (χ2v) is 5.75. The predicted molar refractivity (Wildman–Crippen MR) is 80.4 cm³/mol. The molecule has 1 aliphatic heterocycles. The van der Waals surface area contributed by atoms with Crippen LogP contribution in [-0.4, -0.2) is 22.6 Å². The highest BCUT2D eigenvalue weighted by Gasteiger charge is 2.22. The summed E-state index contributed by atoms with van der Waals surface area (Å²) in [6.45, 7) is 1.64. The first-order chi connectivity index (χ1) is 10.3. The number of H-pyrrole nitrogens is 1. The maximum absolute atomic E-state index is 12.4. The van der Waals surface area contributed by atoms with E-state index in [9.17, 15) is 4.79 Å². The molecular formula is C16H18N4O. The van der Waals surface area contributed by atoms with Crippen LogP contribution in [0.1, 0.15) is 39.3 Å². The van der Waals surface area contributed by atoms with Crippen LogP contribution in [0.15, 0.2) is 18.2 Å². The molecular weight excluding hydrogens is 264 g/mol. The summed E-state index contributed by atoms with van der Waals surface area (Å²) in [4.78, 5) is 12.4. The molecule has 4 rings (SSSR count). The zero-order valence-corrected chi connectivity index (χ0v) is 11.8. The second kappa shape index (κ2) is 5.00. The van der Waals surface area contributed by atoms with Crippen molar-refractivity contribution < 1.29 is 4.79 Å². The number of benzene rings is 1. The van der Waals surface area contributed by atoms with Crippen LogP contribution in [-0.2, 0) is 25.8 Å². The number of aromatic nitrogens is 2. The first kappa shape index (κ1) is 12.6. The van der Waals surface area contributed by atoms with Crippen LogP contribution in [0, 0.1) is 0 Å². The third-order valence-electron chi connectivity index (χ3n) is 4.38. The number of fused-ring (bicyclic) bond motifs is 2. The van der Waals surface area contributed by atoms with Gasteiger partial charge in [-0.05, 0) is 42.5 Å². The number of hydrogen-bond donors (Lipinski definition) is 3.